The summed E-state index contributed by atoms with van der Waals surface area (Å²) in [7, 11) is 0. The summed E-state index contributed by atoms with van der Waals surface area (Å²) >= 11 is 0. The Labute approximate surface area is 143 Å². The van der Waals surface area contributed by atoms with Crippen LogP contribution in [0.4, 0.5) is 0 Å². The van der Waals surface area contributed by atoms with E-state index >= 15 is 0 Å². The van der Waals surface area contributed by atoms with E-state index < -0.39 is 0 Å². The number of rotatable bonds is 2. The van der Waals surface area contributed by atoms with Gasteiger partial charge in [0.15, 0.2) is 17.1 Å². The van der Waals surface area contributed by atoms with Crippen LogP contribution in [-0.2, 0) is 0 Å². The van der Waals surface area contributed by atoms with Crippen LogP contribution >= 0.6 is 0 Å². The first-order chi connectivity index (χ1) is 12.3. The van der Waals surface area contributed by atoms with E-state index in [9.17, 15) is 0 Å². The molecule has 6 nitrogen and oxygen atoms in total. The van der Waals surface area contributed by atoms with Crippen molar-refractivity contribution < 1.29 is 0 Å². The van der Waals surface area contributed by atoms with Gasteiger partial charge in [0, 0.05) is 5.56 Å². The van der Waals surface area contributed by atoms with Crippen LogP contribution in [0.1, 0.15) is 5.56 Å². The van der Waals surface area contributed by atoms with Gasteiger partial charge in [0.25, 0.3) is 0 Å². The molecule has 25 heavy (non-hydrogen) atoms. The zero-order valence-electron chi connectivity index (χ0n) is 13.5. The summed E-state index contributed by atoms with van der Waals surface area (Å²) in [5.41, 5.74) is 4.66. The third-order valence-electron chi connectivity index (χ3n) is 4.18. The topological polar surface area (TPSA) is 60.9 Å². The van der Waals surface area contributed by atoms with Crippen LogP contribution < -0.4 is 0 Å². The lowest BCUT2D eigenvalue weighted by Gasteiger charge is -2.03. The molecule has 0 bridgehead atoms. The van der Waals surface area contributed by atoms with E-state index in [-0.39, 0.29) is 0 Å². The fourth-order valence-corrected chi connectivity index (χ4v) is 2.98. The lowest BCUT2D eigenvalue weighted by atomic mass is 10.2. The average Bonchev–Trinajstić information content (AvgIpc) is 3.26. The molecule has 0 unspecified atom stereocenters. The standard InChI is InChI=1S/C19H14N6/c1-13-6-5-9-15(10-13)25-18-16(11-21-25)19-22-17(23-24(19)12-20-18)14-7-3-2-4-8-14/h2-12H,1H3. The number of benzene rings is 2. The number of hydrogen-bond donors (Lipinski definition) is 0. The Morgan fingerprint density at radius 2 is 1.80 bits per heavy atom. The third-order valence-corrected chi connectivity index (χ3v) is 4.18. The summed E-state index contributed by atoms with van der Waals surface area (Å²) < 4.78 is 3.53. The summed E-state index contributed by atoms with van der Waals surface area (Å²) in [5, 5.41) is 9.92. The van der Waals surface area contributed by atoms with Crippen molar-refractivity contribution in [1.82, 2.24) is 29.4 Å². The molecule has 0 spiro atoms. The first-order valence-electron chi connectivity index (χ1n) is 8.01. The molecular formula is C19H14N6. The van der Waals surface area contributed by atoms with Gasteiger partial charge in [-0.05, 0) is 24.6 Å². The fourth-order valence-electron chi connectivity index (χ4n) is 2.98. The van der Waals surface area contributed by atoms with Crippen LogP contribution in [0.15, 0.2) is 67.1 Å². The summed E-state index contributed by atoms with van der Waals surface area (Å²) in [6.45, 7) is 2.06. The summed E-state index contributed by atoms with van der Waals surface area (Å²) in [4.78, 5) is 9.24. The van der Waals surface area contributed by atoms with Crippen molar-refractivity contribution in [2.24, 2.45) is 0 Å². The van der Waals surface area contributed by atoms with E-state index in [1.807, 2.05) is 47.1 Å². The predicted octanol–water partition coefficient (Wildman–Crippen LogP) is 3.44. The Morgan fingerprint density at radius 3 is 2.64 bits per heavy atom. The van der Waals surface area contributed by atoms with Crippen LogP contribution in [0.25, 0.3) is 33.8 Å². The molecule has 0 amide bonds. The first kappa shape index (κ1) is 13.9. The maximum Gasteiger partial charge on any atom is 0.182 e. The van der Waals surface area contributed by atoms with E-state index in [1.165, 1.54) is 5.56 Å². The number of hydrogen-bond acceptors (Lipinski definition) is 4. The first-order valence-corrected chi connectivity index (χ1v) is 8.01. The molecule has 0 radical (unpaired) electrons. The summed E-state index contributed by atoms with van der Waals surface area (Å²) in [5.74, 6) is 0.679. The minimum atomic E-state index is 0.679. The second-order valence-electron chi connectivity index (χ2n) is 5.95. The SMILES string of the molecule is Cc1cccc(-n2ncc3c2ncn2nc(-c4ccccc4)nc32)c1. The number of nitrogens with zero attached hydrogens (tertiary/aromatic N) is 6. The van der Waals surface area contributed by atoms with Gasteiger partial charge in [0.2, 0.25) is 0 Å². The van der Waals surface area contributed by atoms with Gasteiger partial charge in [-0.25, -0.2) is 19.2 Å². The van der Waals surface area contributed by atoms with Gasteiger partial charge in [-0.15, -0.1) is 5.10 Å². The highest BCUT2D eigenvalue weighted by Crippen LogP contribution is 2.22. The normalized spacial score (nSPS) is 11.4. The lowest BCUT2D eigenvalue weighted by molar-refractivity contribution is 0.881. The van der Waals surface area contributed by atoms with Crippen LogP contribution in [0.3, 0.4) is 0 Å². The molecule has 5 aromatic rings. The Hall–Kier alpha value is -3.54. The van der Waals surface area contributed by atoms with Crippen LogP contribution in [0, 0.1) is 6.92 Å². The van der Waals surface area contributed by atoms with Gasteiger partial charge in [-0.1, -0.05) is 42.5 Å². The molecule has 0 aliphatic heterocycles. The van der Waals surface area contributed by atoms with Gasteiger partial charge in [-0.3, -0.25) is 0 Å². The van der Waals surface area contributed by atoms with Crippen LogP contribution in [-0.4, -0.2) is 29.4 Å². The molecule has 0 saturated carbocycles. The molecule has 120 valence electrons. The van der Waals surface area contributed by atoms with Crippen molar-refractivity contribution in [2.75, 3.05) is 0 Å². The predicted molar refractivity (Wildman–Crippen MR) is 95.6 cm³/mol. The van der Waals surface area contributed by atoms with Crippen molar-refractivity contribution in [2.45, 2.75) is 6.92 Å². The zero-order chi connectivity index (χ0) is 16.8. The molecule has 5 rings (SSSR count). The highest BCUT2D eigenvalue weighted by atomic mass is 15.3. The second kappa shape index (κ2) is 5.24. The minimum Gasteiger partial charge on any atom is -0.216 e. The van der Waals surface area contributed by atoms with Gasteiger partial charge < -0.3 is 0 Å². The molecule has 0 aliphatic carbocycles. The van der Waals surface area contributed by atoms with E-state index in [0.29, 0.717) is 5.82 Å². The third kappa shape index (κ3) is 2.19. The largest absolute Gasteiger partial charge is 0.216 e. The number of aryl methyl sites for hydroxylation is 1. The molecule has 0 atom stereocenters. The van der Waals surface area contributed by atoms with E-state index in [1.54, 1.807) is 17.0 Å². The smallest absolute Gasteiger partial charge is 0.182 e. The molecule has 3 heterocycles. The Bertz CT molecular complexity index is 1200. The quantitative estimate of drug-likeness (QED) is 0.498. The molecule has 0 N–H and O–H groups in total. The molecular weight excluding hydrogens is 312 g/mol. The molecule has 0 aliphatic rings. The summed E-state index contributed by atoms with van der Waals surface area (Å²) in [6.07, 6.45) is 3.48. The number of aromatic nitrogens is 6. The number of fused-ring (bicyclic) bond motifs is 3. The van der Waals surface area contributed by atoms with Crippen LogP contribution in [0.2, 0.25) is 0 Å². The van der Waals surface area contributed by atoms with Gasteiger partial charge >= 0.3 is 0 Å². The molecule has 2 aromatic carbocycles. The lowest BCUT2D eigenvalue weighted by Crippen LogP contribution is -1.99. The van der Waals surface area contributed by atoms with E-state index in [0.717, 1.165) is 27.9 Å². The Kier molecular flexibility index (Phi) is 2.90. The molecule has 0 fully saturated rings. The minimum absolute atomic E-state index is 0.679. The summed E-state index contributed by atoms with van der Waals surface area (Å²) in [6, 6.07) is 18.1. The van der Waals surface area contributed by atoms with E-state index in [2.05, 4.69) is 34.2 Å². The zero-order valence-corrected chi connectivity index (χ0v) is 13.5. The van der Waals surface area contributed by atoms with Gasteiger partial charge in [0.1, 0.15) is 6.33 Å². The maximum atomic E-state index is 4.69. The average molecular weight is 326 g/mol. The van der Waals surface area contributed by atoms with E-state index in [4.69, 9.17) is 4.98 Å². The fraction of sp³-hybridized carbons (Fsp3) is 0.0526. The Morgan fingerprint density at radius 1 is 0.920 bits per heavy atom. The highest BCUT2D eigenvalue weighted by molar-refractivity contribution is 5.89. The maximum absolute atomic E-state index is 4.69. The van der Waals surface area contributed by atoms with Gasteiger partial charge in [-0.2, -0.15) is 5.10 Å². The van der Waals surface area contributed by atoms with Crippen molar-refractivity contribution >= 4 is 16.7 Å². The van der Waals surface area contributed by atoms with Crippen molar-refractivity contribution in [3.8, 4) is 17.1 Å². The second-order valence-corrected chi connectivity index (χ2v) is 5.95. The highest BCUT2D eigenvalue weighted by Gasteiger charge is 2.14. The van der Waals surface area contributed by atoms with Crippen LogP contribution in [0.5, 0.6) is 0 Å². The van der Waals surface area contributed by atoms with Gasteiger partial charge in [0.05, 0.1) is 17.3 Å². The monoisotopic (exact) mass is 326 g/mol. The molecule has 6 heteroatoms. The molecule has 0 saturated heterocycles. The van der Waals surface area contributed by atoms with Crippen molar-refractivity contribution in [3.05, 3.63) is 72.7 Å². The Balaban J connectivity index is 1.73. The van der Waals surface area contributed by atoms with Crippen molar-refractivity contribution in [1.29, 1.82) is 0 Å². The molecule has 3 aromatic heterocycles. The van der Waals surface area contributed by atoms with Crippen molar-refractivity contribution in [3.63, 3.8) is 0 Å².